The third kappa shape index (κ3) is 3.77. The van der Waals surface area contributed by atoms with Crippen molar-refractivity contribution in [1.29, 1.82) is 0 Å². The van der Waals surface area contributed by atoms with Gasteiger partial charge in [-0.05, 0) is 24.6 Å². The maximum Gasteiger partial charge on any atom is 0.308 e. The summed E-state index contributed by atoms with van der Waals surface area (Å²) in [4.78, 5) is 11.2. The Balaban J connectivity index is 2.72. The fourth-order valence-electron chi connectivity index (χ4n) is 1.26. The standard InChI is InChI=1S/C11H12BrClO3/c1-2-16-11(15)6-10(14)8-4-3-7(13)5-9(8)12/h3-5,10,14H,2,6H2,1H3. The van der Waals surface area contributed by atoms with Crippen molar-refractivity contribution in [3.8, 4) is 0 Å². The van der Waals surface area contributed by atoms with Crippen molar-refractivity contribution in [2.24, 2.45) is 0 Å². The lowest BCUT2D eigenvalue weighted by Crippen LogP contribution is -2.10. The first-order valence-corrected chi connectivity index (χ1v) is 6.00. The summed E-state index contributed by atoms with van der Waals surface area (Å²) in [5.74, 6) is -0.420. The Morgan fingerprint density at radius 3 is 2.88 bits per heavy atom. The molecule has 1 unspecified atom stereocenters. The molecule has 0 aliphatic heterocycles. The van der Waals surface area contributed by atoms with Crippen LogP contribution >= 0.6 is 27.5 Å². The van der Waals surface area contributed by atoms with Gasteiger partial charge in [-0.25, -0.2) is 0 Å². The van der Waals surface area contributed by atoms with Crippen LogP contribution in [-0.4, -0.2) is 17.7 Å². The fourth-order valence-corrected chi connectivity index (χ4v) is 2.21. The third-order valence-corrected chi connectivity index (χ3v) is 2.91. The first-order chi connectivity index (χ1) is 7.54. The number of ether oxygens (including phenoxy) is 1. The molecule has 0 bridgehead atoms. The van der Waals surface area contributed by atoms with Gasteiger partial charge in [-0.3, -0.25) is 4.79 Å². The predicted molar refractivity (Wildman–Crippen MR) is 65.4 cm³/mol. The Bertz CT molecular complexity index is 381. The van der Waals surface area contributed by atoms with Gasteiger partial charge in [-0.1, -0.05) is 33.6 Å². The number of halogens is 2. The molecule has 0 aliphatic rings. The van der Waals surface area contributed by atoms with Crippen LogP contribution in [0, 0.1) is 0 Å². The molecule has 0 spiro atoms. The van der Waals surface area contributed by atoms with Crippen molar-refractivity contribution < 1.29 is 14.6 Å². The second kappa shape index (κ2) is 6.23. The molecule has 0 aromatic heterocycles. The van der Waals surface area contributed by atoms with Crippen LogP contribution in [0.1, 0.15) is 25.0 Å². The zero-order chi connectivity index (χ0) is 12.1. The highest BCUT2D eigenvalue weighted by molar-refractivity contribution is 9.10. The number of benzene rings is 1. The summed E-state index contributed by atoms with van der Waals surface area (Å²) in [6.45, 7) is 2.04. The normalized spacial score (nSPS) is 12.2. The van der Waals surface area contributed by atoms with E-state index >= 15 is 0 Å². The molecule has 0 radical (unpaired) electrons. The summed E-state index contributed by atoms with van der Waals surface area (Å²) < 4.78 is 5.43. The average molecular weight is 308 g/mol. The van der Waals surface area contributed by atoms with Gasteiger partial charge in [0.2, 0.25) is 0 Å². The molecule has 1 aromatic rings. The molecule has 88 valence electrons. The number of carbonyl (C=O) groups is 1. The van der Waals surface area contributed by atoms with Gasteiger partial charge >= 0.3 is 5.97 Å². The zero-order valence-corrected chi connectivity index (χ0v) is 11.1. The molecule has 1 atom stereocenters. The van der Waals surface area contributed by atoms with E-state index in [9.17, 15) is 9.90 Å². The summed E-state index contributed by atoms with van der Waals surface area (Å²) in [6.07, 6.45) is -0.945. The monoisotopic (exact) mass is 306 g/mol. The van der Waals surface area contributed by atoms with E-state index in [1.54, 1.807) is 25.1 Å². The molecule has 16 heavy (non-hydrogen) atoms. The van der Waals surface area contributed by atoms with E-state index in [1.165, 1.54) is 0 Å². The van der Waals surface area contributed by atoms with Crippen molar-refractivity contribution in [3.05, 3.63) is 33.3 Å². The van der Waals surface area contributed by atoms with Crippen LogP contribution in [-0.2, 0) is 9.53 Å². The van der Waals surface area contributed by atoms with Gasteiger partial charge in [-0.15, -0.1) is 0 Å². The molecular formula is C11H12BrClO3. The number of hydrogen-bond acceptors (Lipinski definition) is 3. The minimum Gasteiger partial charge on any atom is -0.466 e. The molecule has 1 aromatic carbocycles. The molecule has 5 heteroatoms. The molecule has 0 saturated carbocycles. The van der Waals surface area contributed by atoms with Crippen molar-refractivity contribution in [2.45, 2.75) is 19.4 Å². The average Bonchev–Trinajstić information content (AvgIpc) is 2.17. The van der Waals surface area contributed by atoms with E-state index in [2.05, 4.69) is 15.9 Å². The molecule has 3 nitrogen and oxygen atoms in total. The number of hydrogen-bond donors (Lipinski definition) is 1. The molecule has 0 heterocycles. The summed E-state index contributed by atoms with van der Waals surface area (Å²) in [5.41, 5.74) is 0.623. The SMILES string of the molecule is CCOC(=O)CC(O)c1ccc(Cl)cc1Br. The van der Waals surface area contributed by atoms with E-state index in [0.717, 1.165) is 0 Å². The Morgan fingerprint density at radius 2 is 2.31 bits per heavy atom. The number of aliphatic hydroxyl groups is 1. The van der Waals surface area contributed by atoms with Crippen molar-refractivity contribution in [3.63, 3.8) is 0 Å². The smallest absolute Gasteiger partial charge is 0.308 e. The second-order valence-corrected chi connectivity index (χ2v) is 4.48. The first kappa shape index (κ1) is 13.5. The quantitative estimate of drug-likeness (QED) is 0.870. The summed E-state index contributed by atoms with van der Waals surface area (Å²) >= 11 is 9.05. The van der Waals surface area contributed by atoms with Gasteiger partial charge < -0.3 is 9.84 Å². The number of carbonyl (C=O) groups excluding carboxylic acids is 1. The number of esters is 1. The predicted octanol–water partition coefficient (Wildman–Crippen LogP) is 3.09. The van der Waals surface area contributed by atoms with Crippen LogP contribution in [0.4, 0.5) is 0 Å². The highest BCUT2D eigenvalue weighted by atomic mass is 79.9. The molecule has 0 saturated heterocycles. The Kier molecular flexibility index (Phi) is 5.25. The first-order valence-electron chi connectivity index (χ1n) is 4.83. The fraction of sp³-hybridized carbons (Fsp3) is 0.364. The maximum absolute atomic E-state index is 11.2. The van der Waals surface area contributed by atoms with Crippen LogP contribution in [0.5, 0.6) is 0 Å². The maximum atomic E-state index is 11.2. The lowest BCUT2D eigenvalue weighted by Gasteiger charge is -2.12. The molecule has 0 fully saturated rings. The highest BCUT2D eigenvalue weighted by Gasteiger charge is 2.16. The highest BCUT2D eigenvalue weighted by Crippen LogP contribution is 2.28. The van der Waals surface area contributed by atoms with E-state index in [-0.39, 0.29) is 6.42 Å². The summed E-state index contributed by atoms with van der Waals surface area (Å²) in [6, 6.07) is 5.01. The Labute approximate surface area is 107 Å². The summed E-state index contributed by atoms with van der Waals surface area (Å²) in [7, 11) is 0. The van der Waals surface area contributed by atoms with Crippen molar-refractivity contribution in [2.75, 3.05) is 6.61 Å². The Morgan fingerprint density at radius 1 is 1.62 bits per heavy atom. The largest absolute Gasteiger partial charge is 0.466 e. The third-order valence-electron chi connectivity index (χ3n) is 1.99. The van der Waals surface area contributed by atoms with Gasteiger partial charge in [0.1, 0.15) is 0 Å². The number of aliphatic hydroxyl groups excluding tert-OH is 1. The zero-order valence-electron chi connectivity index (χ0n) is 8.74. The van der Waals surface area contributed by atoms with E-state index < -0.39 is 12.1 Å². The summed E-state index contributed by atoms with van der Waals surface area (Å²) in [5, 5.41) is 10.4. The van der Waals surface area contributed by atoms with Gasteiger partial charge in [0.05, 0.1) is 19.1 Å². The van der Waals surface area contributed by atoms with Crippen LogP contribution in [0.25, 0.3) is 0 Å². The Hall–Kier alpha value is -0.580. The van der Waals surface area contributed by atoms with Crippen LogP contribution < -0.4 is 0 Å². The molecule has 0 amide bonds. The van der Waals surface area contributed by atoms with E-state index in [1.807, 2.05) is 0 Å². The second-order valence-electron chi connectivity index (χ2n) is 3.19. The van der Waals surface area contributed by atoms with Gasteiger partial charge in [0.25, 0.3) is 0 Å². The van der Waals surface area contributed by atoms with E-state index in [0.29, 0.717) is 21.7 Å². The van der Waals surface area contributed by atoms with Gasteiger partial charge in [0, 0.05) is 9.50 Å². The lowest BCUT2D eigenvalue weighted by atomic mass is 10.1. The molecule has 0 aliphatic carbocycles. The van der Waals surface area contributed by atoms with Crippen LogP contribution in [0.3, 0.4) is 0 Å². The van der Waals surface area contributed by atoms with Crippen molar-refractivity contribution >= 4 is 33.5 Å². The van der Waals surface area contributed by atoms with Gasteiger partial charge in [-0.2, -0.15) is 0 Å². The topological polar surface area (TPSA) is 46.5 Å². The molecule has 1 N–H and O–H groups in total. The van der Waals surface area contributed by atoms with E-state index in [4.69, 9.17) is 16.3 Å². The minimum absolute atomic E-state index is 0.0614. The minimum atomic E-state index is -0.884. The van der Waals surface area contributed by atoms with Crippen LogP contribution in [0.15, 0.2) is 22.7 Å². The molecule has 1 rings (SSSR count). The lowest BCUT2D eigenvalue weighted by molar-refractivity contribution is -0.145. The van der Waals surface area contributed by atoms with Gasteiger partial charge in [0.15, 0.2) is 0 Å². The van der Waals surface area contributed by atoms with Crippen LogP contribution in [0.2, 0.25) is 5.02 Å². The molecular weight excluding hydrogens is 295 g/mol. The number of rotatable bonds is 4. The van der Waals surface area contributed by atoms with Crippen molar-refractivity contribution in [1.82, 2.24) is 0 Å².